The van der Waals surface area contributed by atoms with E-state index in [0.717, 1.165) is 9.25 Å². The lowest BCUT2D eigenvalue weighted by atomic mass is 10.2. The lowest BCUT2D eigenvalue weighted by Crippen LogP contribution is -2.50. The average Bonchev–Trinajstić information content (AvgIpc) is 3.43. The predicted molar refractivity (Wildman–Crippen MR) is 148 cm³/mol. The number of benzene rings is 1. The highest BCUT2D eigenvalue weighted by Gasteiger charge is 2.48. The lowest BCUT2D eigenvalue weighted by Gasteiger charge is -2.39. The molecule has 0 aliphatic rings. The molecule has 0 spiro atoms. The average molecular weight is 615 g/mol. The van der Waals surface area contributed by atoms with E-state index >= 15 is 0 Å². The Morgan fingerprint density at radius 2 is 1.70 bits per heavy atom. The van der Waals surface area contributed by atoms with Crippen molar-refractivity contribution >= 4 is 31.5 Å². The number of alkyl halides is 3. The zero-order valence-corrected chi connectivity index (χ0v) is 25.0. The van der Waals surface area contributed by atoms with E-state index in [9.17, 15) is 18.0 Å². The van der Waals surface area contributed by atoms with Gasteiger partial charge in [-0.25, -0.2) is 24.1 Å². The second kappa shape index (κ2) is 11.1. The van der Waals surface area contributed by atoms with E-state index in [-0.39, 0.29) is 18.2 Å². The van der Waals surface area contributed by atoms with Crippen molar-refractivity contribution in [3.8, 4) is 17.2 Å². The van der Waals surface area contributed by atoms with E-state index in [1.165, 1.54) is 17.2 Å². The molecule has 0 saturated carbocycles. The van der Waals surface area contributed by atoms with E-state index in [4.69, 9.17) is 27.6 Å². The van der Waals surface area contributed by atoms with Gasteiger partial charge in [0.2, 0.25) is 0 Å². The molecule has 0 fully saturated rings. The van der Waals surface area contributed by atoms with Crippen molar-refractivity contribution in [3.05, 3.63) is 75.3 Å². The van der Waals surface area contributed by atoms with Crippen LogP contribution in [0.1, 0.15) is 26.6 Å². The number of aromatic nitrogens is 7. The van der Waals surface area contributed by atoms with Gasteiger partial charge < -0.3 is 4.43 Å². The molecule has 214 valence electrons. The zero-order chi connectivity index (χ0) is 29.5. The van der Waals surface area contributed by atoms with Crippen molar-refractivity contribution in [3.63, 3.8) is 0 Å². The van der Waals surface area contributed by atoms with Gasteiger partial charge in [-0.05, 0) is 54.5 Å². The van der Waals surface area contributed by atoms with Crippen molar-refractivity contribution < 1.29 is 17.6 Å². The molecular weight excluding hydrogens is 586 g/mol. The molecule has 3 aromatic heterocycles. The third kappa shape index (κ3) is 6.48. The van der Waals surface area contributed by atoms with Crippen LogP contribution in [0.4, 0.5) is 13.2 Å². The monoisotopic (exact) mass is 613 g/mol. The molecule has 9 nitrogen and oxygen atoms in total. The Bertz CT molecular complexity index is 1540. The summed E-state index contributed by atoms with van der Waals surface area (Å²) >= 11 is 12.2. The van der Waals surface area contributed by atoms with Crippen LogP contribution in [0.3, 0.4) is 0 Å². The normalized spacial score (nSPS) is 13.6. The van der Waals surface area contributed by atoms with Gasteiger partial charge in [0.25, 0.3) is 0 Å². The maximum absolute atomic E-state index is 14.3. The van der Waals surface area contributed by atoms with Gasteiger partial charge in [-0.1, -0.05) is 44.0 Å². The maximum Gasteiger partial charge on any atom is 0.415 e. The quantitative estimate of drug-likeness (QED) is 0.226. The first kappa shape index (κ1) is 30.0. The Balaban J connectivity index is 1.74. The highest BCUT2D eigenvalue weighted by molar-refractivity contribution is 6.74. The Labute approximate surface area is 239 Å². The van der Waals surface area contributed by atoms with Gasteiger partial charge in [-0.15, -0.1) is 10.2 Å². The Kier molecular flexibility index (Phi) is 8.32. The Hall–Kier alpha value is -3.00. The largest absolute Gasteiger partial charge is 0.415 e. The molecular formula is C25H28Cl2F3N7O2Si. The first-order chi connectivity index (χ1) is 18.6. The summed E-state index contributed by atoms with van der Waals surface area (Å²) < 4.78 is 52.0. The van der Waals surface area contributed by atoms with Crippen LogP contribution in [0.2, 0.25) is 28.2 Å². The number of hydrogen-bond donors (Lipinski definition) is 0. The Morgan fingerprint density at radius 3 is 2.30 bits per heavy atom. The molecule has 0 bridgehead atoms. The third-order valence-corrected chi connectivity index (χ3v) is 11.8. The molecule has 0 N–H and O–H groups in total. The fraction of sp³-hybridized carbons (Fsp3) is 0.400. The van der Waals surface area contributed by atoms with Gasteiger partial charge in [0.05, 0.1) is 11.6 Å². The molecule has 0 unspecified atom stereocenters. The van der Waals surface area contributed by atoms with Gasteiger partial charge in [0.15, 0.2) is 31.9 Å². The molecule has 0 radical (unpaired) electrons. The fourth-order valence-electron chi connectivity index (χ4n) is 3.58. The Morgan fingerprint density at radius 1 is 1.02 bits per heavy atom. The van der Waals surface area contributed by atoms with Gasteiger partial charge >= 0.3 is 11.9 Å². The van der Waals surface area contributed by atoms with Crippen LogP contribution in [0.25, 0.3) is 17.2 Å². The molecule has 0 saturated heterocycles. The van der Waals surface area contributed by atoms with Crippen LogP contribution in [-0.4, -0.2) is 54.7 Å². The van der Waals surface area contributed by atoms with Crippen LogP contribution in [-0.2, 0) is 17.5 Å². The molecule has 1 aromatic carbocycles. The van der Waals surface area contributed by atoms with Crippen LogP contribution >= 0.6 is 23.2 Å². The van der Waals surface area contributed by atoms with Gasteiger partial charge in [-0.2, -0.15) is 13.2 Å². The summed E-state index contributed by atoms with van der Waals surface area (Å²) in [5.41, 5.74) is -0.363. The highest BCUT2D eigenvalue weighted by atomic mass is 35.5. The van der Waals surface area contributed by atoms with Crippen LogP contribution < -0.4 is 5.69 Å². The molecule has 0 aliphatic carbocycles. The number of pyridine rings is 1. The highest BCUT2D eigenvalue weighted by Crippen LogP contribution is 2.40. The second-order valence-corrected chi connectivity index (χ2v) is 16.3. The topological polar surface area (TPSA) is 92.7 Å². The summed E-state index contributed by atoms with van der Waals surface area (Å²) in [5, 5.41) is 8.96. The first-order valence-corrected chi connectivity index (χ1v) is 15.9. The molecule has 1 atom stereocenters. The SMILES string of the molecule is CC(C)(C)[Si](C)(C)O[C@@H](Cn1c(-c2ccc(Cl)cc2)nn(Cc2ncn(-c3ncccc3Cl)n2)c1=O)C(F)(F)F. The summed E-state index contributed by atoms with van der Waals surface area (Å²) in [7, 11) is -2.86. The number of nitrogens with zero attached hydrogens (tertiary/aromatic N) is 7. The smallest absolute Gasteiger partial charge is 0.404 e. The van der Waals surface area contributed by atoms with Gasteiger partial charge in [0, 0.05) is 16.8 Å². The van der Waals surface area contributed by atoms with Crippen LogP contribution in [0, 0.1) is 0 Å². The molecule has 0 amide bonds. The summed E-state index contributed by atoms with van der Waals surface area (Å²) in [6.07, 6.45) is -4.04. The van der Waals surface area contributed by atoms with E-state index in [1.807, 2.05) is 20.8 Å². The van der Waals surface area contributed by atoms with Crippen molar-refractivity contribution in [2.45, 2.75) is 64.3 Å². The number of hydrogen-bond acceptors (Lipinski definition) is 6. The summed E-state index contributed by atoms with van der Waals surface area (Å²) in [4.78, 5) is 21.9. The summed E-state index contributed by atoms with van der Waals surface area (Å²) in [5.74, 6) is 0.543. The lowest BCUT2D eigenvalue weighted by molar-refractivity contribution is -0.202. The van der Waals surface area contributed by atoms with E-state index in [0.29, 0.717) is 21.4 Å². The maximum atomic E-state index is 14.3. The number of halogens is 5. The summed E-state index contributed by atoms with van der Waals surface area (Å²) in [6.45, 7) is 8.02. The minimum atomic E-state index is -4.73. The molecule has 4 aromatic rings. The van der Waals surface area contributed by atoms with E-state index < -0.39 is 37.9 Å². The van der Waals surface area contributed by atoms with E-state index in [1.54, 1.807) is 49.5 Å². The van der Waals surface area contributed by atoms with Crippen molar-refractivity contribution in [1.82, 2.24) is 34.1 Å². The minimum absolute atomic E-state index is 0.0296. The van der Waals surface area contributed by atoms with Crippen molar-refractivity contribution in [2.75, 3.05) is 0 Å². The number of rotatable bonds is 8. The van der Waals surface area contributed by atoms with Crippen LogP contribution in [0.5, 0.6) is 0 Å². The van der Waals surface area contributed by atoms with Gasteiger partial charge in [0.1, 0.15) is 12.9 Å². The fourth-order valence-corrected chi connectivity index (χ4v) is 5.19. The molecule has 40 heavy (non-hydrogen) atoms. The van der Waals surface area contributed by atoms with Crippen molar-refractivity contribution in [2.24, 2.45) is 0 Å². The molecule has 0 aliphatic heterocycles. The van der Waals surface area contributed by atoms with E-state index in [2.05, 4.69) is 20.2 Å². The van der Waals surface area contributed by atoms with Crippen LogP contribution in [0.15, 0.2) is 53.7 Å². The molecule has 15 heteroatoms. The predicted octanol–water partition coefficient (Wildman–Crippen LogP) is 6.00. The zero-order valence-electron chi connectivity index (χ0n) is 22.4. The van der Waals surface area contributed by atoms with Gasteiger partial charge in [-0.3, -0.25) is 4.57 Å². The standard InChI is InChI=1S/C25H28Cl2F3N7O2Si/c1-24(2,3)40(4,5)39-19(25(28,29)30)13-35-21(16-8-10-17(26)11-9-16)34-36(23(35)38)14-20-32-15-37(33-20)22-18(27)7-6-12-31-22/h6-12,15,19H,13-14H2,1-5H3/t19-/m0/s1. The molecule has 3 heterocycles. The molecule has 4 rings (SSSR count). The van der Waals surface area contributed by atoms with Crippen molar-refractivity contribution in [1.29, 1.82) is 0 Å². The second-order valence-electron chi connectivity index (χ2n) is 10.7. The first-order valence-electron chi connectivity index (χ1n) is 12.3. The summed E-state index contributed by atoms with van der Waals surface area (Å²) in [6, 6.07) is 9.60. The minimum Gasteiger partial charge on any atom is -0.404 e. The third-order valence-electron chi connectivity index (χ3n) is 6.77.